The Balaban J connectivity index is 2.01. The Morgan fingerprint density at radius 2 is 2.35 bits per heavy atom. The summed E-state index contributed by atoms with van der Waals surface area (Å²) < 4.78 is 6.76. The lowest BCUT2D eigenvalue weighted by molar-refractivity contribution is 0.183. The van der Waals surface area contributed by atoms with Gasteiger partial charge in [-0.05, 0) is 0 Å². The van der Waals surface area contributed by atoms with E-state index in [4.69, 9.17) is 10.5 Å². The maximum Gasteiger partial charge on any atom is 0.135 e. The zero-order chi connectivity index (χ0) is 12.1. The Morgan fingerprint density at radius 3 is 3.12 bits per heavy atom. The van der Waals surface area contributed by atoms with Crippen molar-refractivity contribution in [2.75, 3.05) is 24.8 Å². The van der Waals surface area contributed by atoms with E-state index in [1.807, 2.05) is 6.20 Å². The van der Waals surface area contributed by atoms with Crippen molar-refractivity contribution in [1.82, 2.24) is 19.7 Å². The van der Waals surface area contributed by atoms with E-state index in [1.54, 1.807) is 24.1 Å². The number of ether oxygens (including phenoxy) is 1. The third-order valence-corrected chi connectivity index (χ3v) is 2.12. The molecule has 7 nitrogen and oxygen atoms in total. The van der Waals surface area contributed by atoms with Crippen molar-refractivity contribution in [2.45, 2.75) is 6.54 Å². The third-order valence-electron chi connectivity index (χ3n) is 2.12. The van der Waals surface area contributed by atoms with E-state index < -0.39 is 0 Å². The molecule has 0 aliphatic rings. The van der Waals surface area contributed by atoms with Crippen LogP contribution in [0, 0.1) is 0 Å². The van der Waals surface area contributed by atoms with Gasteiger partial charge >= 0.3 is 0 Å². The molecular weight excluding hydrogens is 220 g/mol. The van der Waals surface area contributed by atoms with Gasteiger partial charge in [0.15, 0.2) is 0 Å². The molecule has 0 spiro atoms. The van der Waals surface area contributed by atoms with Crippen LogP contribution < -0.4 is 11.1 Å². The molecule has 17 heavy (non-hydrogen) atoms. The highest BCUT2D eigenvalue weighted by Crippen LogP contribution is 2.13. The fourth-order valence-electron chi connectivity index (χ4n) is 1.32. The van der Waals surface area contributed by atoms with Crippen LogP contribution in [0.25, 0.3) is 0 Å². The minimum absolute atomic E-state index is 0.425. The van der Waals surface area contributed by atoms with Crippen LogP contribution in [0.4, 0.5) is 17.3 Å². The maximum atomic E-state index is 5.55. The standard InChI is InChI=1S/C10H14N6O/c1-17-3-2-16-6-8(5-14-16)15-10-4-9(11)12-7-13-10/h4-7H,2-3H2,1H3,(H3,11,12,13,15). The molecule has 0 aromatic carbocycles. The second-order valence-electron chi connectivity index (χ2n) is 3.44. The number of rotatable bonds is 5. The van der Waals surface area contributed by atoms with Gasteiger partial charge in [-0.25, -0.2) is 9.97 Å². The first-order chi connectivity index (χ1) is 8.28. The summed E-state index contributed by atoms with van der Waals surface area (Å²) in [6.07, 6.45) is 5.00. The van der Waals surface area contributed by atoms with Gasteiger partial charge in [0.05, 0.1) is 25.0 Å². The lowest BCUT2D eigenvalue weighted by Crippen LogP contribution is -2.04. The minimum atomic E-state index is 0.425. The molecule has 7 heteroatoms. The smallest absolute Gasteiger partial charge is 0.135 e. The van der Waals surface area contributed by atoms with Crippen molar-refractivity contribution in [1.29, 1.82) is 0 Å². The summed E-state index contributed by atoms with van der Waals surface area (Å²) in [5, 5.41) is 7.26. The first-order valence-corrected chi connectivity index (χ1v) is 5.14. The van der Waals surface area contributed by atoms with Gasteiger partial charge in [0.25, 0.3) is 0 Å². The Labute approximate surface area is 98.6 Å². The number of methoxy groups -OCH3 is 1. The van der Waals surface area contributed by atoms with E-state index in [9.17, 15) is 0 Å². The molecule has 2 rings (SSSR count). The average molecular weight is 234 g/mol. The van der Waals surface area contributed by atoms with Gasteiger partial charge in [-0.2, -0.15) is 5.10 Å². The molecule has 0 bridgehead atoms. The van der Waals surface area contributed by atoms with Gasteiger partial charge in [-0.15, -0.1) is 0 Å². The van der Waals surface area contributed by atoms with Gasteiger partial charge in [0.1, 0.15) is 18.0 Å². The summed E-state index contributed by atoms with van der Waals surface area (Å²) in [7, 11) is 1.66. The molecular formula is C10H14N6O. The largest absolute Gasteiger partial charge is 0.384 e. The summed E-state index contributed by atoms with van der Waals surface area (Å²) in [5.74, 6) is 1.07. The number of aromatic nitrogens is 4. The number of anilines is 3. The highest BCUT2D eigenvalue weighted by atomic mass is 16.5. The van der Waals surface area contributed by atoms with E-state index in [0.717, 1.165) is 5.69 Å². The van der Waals surface area contributed by atoms with Crippen molar-refractivity contribution in [3.05, 3.63) is 24.8 Å². The number of hydrogen-bond acceptors (Lipinski definition) is 6. The average Bonchev–Trinajstić information content (AvgIpc) is 2.74. The first-order valence-electron chi connectivity index (χ1n) is 5.14. The number of nitrogen functional groups attached to an aromatic ring is 1. The van der Waals surface area contributed by atoms with Gasteiger partial charge in [0, 0.05) is 19.4 Å². The van der Waals surface area contributed by atoms with Crippen molar-refractivity contribution in [2.24, 2.45) is 0 Å². The SMILES string of the molecule is COCCn1cc(Nc2cc(N)ncn2)cn1. The molecule has 3 N–H and O–H groups in total. The fraction of sp³-hybridized carbons (Fsp3) is 0.300. The van der Waals surface area contributed by atoms with Crippen LogP contribution in [0.3, 0.4) is 0 Å². The molecule has 2 aromatic heterocycles. The van der Waals surface area contributed by atoms with E-state index in [1.165, 1.54) is 6.33 Å². The number of nitrogens with two attached hydrogens (primary N) is 1. The van der Waals surface area contributed by atoms with E-state index in [2.05, 4.69) is 20.4 Å². The molecule has 2 heterocycles. The van der Waals surface area contributed by atoms with Crippen LogP contribution >= 0.6 is 0 Å². The zero-order valence-electron chi connectivity index (χ0n) is 9.50. The van der Waals surface area contributed by atoms with E-state index in [0.29, 0.717) is 24.8 Å². The molecule has 0 fully saturated rings. The molecule has 0 radical (unpaired) electrons. The van der Waals surface area contributed by atoms with Crippen molar-refractivity contribution in [3.8, 4) is 0 Å². The molecule has 0 saturated carbocycles. The van der Waals surface area contributed by atoms with Crippen molar-refractivity contribution < 1.29 is 4.74 Å². The van der Waals surface area contributed by atoms with Crippen LogP contribution in [0.15, 0.2) is 24.8 Å². The molecule has 0 unspecified atom stereocenters. The van der Waals surface area contributed by atoms with Gasteiger partial charge in [-0.1, -0.05) is 0 Å². The van der Waals surface area contributed by atoms with Gasteiger partial charge in [-0.3, -0.25) is 4.68 Å². The highest BCUT2D eigenvalue weighted by molar-refractivity contribution is 5.56. The topological polar surface area (TPSA) is 90.9 Å². The van der Waals surface area contributed by atoms with Crippen LogP contribution in [0.1, 0.15) is 0 Å². The minimum Gasteiger partial charge on any atom is -0.384 e. The van der Waals surface area contributed by atoms with Gasteiger partial charge in [0.2, 0.25) is 0 Å². The summed E-state index contributed by atoms with van der Waals surface area (Å²) in [6.45, 7) is 1.34. The number of nitrogens with zero attached hydrogens (tertiary/aromatic N) is 4. The van der Waals surface area contributed by atoms with Crippen LogP contribution in [0.5, 0.6) is 0 Å². The quantitative estimate of drug-likeness (QED) is 0.789. The predicted molar refractivity (Wildman–Crippen MR) is 63.8 cm³/mol. The predicted octanol–water partition coefficient (Wildman–Crippen LogP) is 0.645. The monoisotopic (exact) mass is 234 g/mol. The Bertz CT molecular complexity index is 483. The summed E-state index contributed by atoms with van der Waals surface area (Å²) >= 11 is 0. The lowest BCUT2D eigenvalue weighted by Gasteiger charge is -2.02. The molecule has 0 atom stereocenters. The summed E-state index contributed by atoms with van der Waals surface area (Å²) in [4.78, 5) is 7.86. The molecule has 0 aliphatic heterocycles. The molecule has 0 aliphatic carbocycles. The Kier molecular flexibility index (Phi) is 3.51. The molecule has 0 amide bonds. The van der Waals surface area contributed by atoms with Crippen molar-refractivity contribution in [3.63, 3.8) is 0 Å². The van der Waals surface area contributed by atoms with Crippen molar-refractivity contribution >= 4 is 17.3 Å². The van der Waals surface area contributed by atoms with E-state index >= 15 is 0 Å². The van der Waals surface area contributed by atoms with Crippen LogP contribution in [0.2, 0.25) is 0 Å². The number of hydrogen-bond donors (Lipinski definition) is 2. The summed E-state index contributed by atoms with van der Waals surface area (Å²) in [5.41, 5.74) is 6.40. The summed E-state index contributed by atoms with van der Waals surface area (Å²) in [6, 6.07) is 1.66. The van der Waals surface area contributed by atoms with Crippen LogP contribution in [-0.2, 0) is 11.3 Å². The Hall–Kier alpha value is -2.15. The normalized spacial score (nSPS) is 10.4. The fourth-order valence-corrected chi connectivity index (χ4v) is 1.32. The zero-order valence-corrected chi connectivity index (χ0v) is 9.50. The lowest BCUT2D eigenvalue weighted by atomic mass is 10.5. The van der Waals surface area contributed by atoms with E-state index in [-0.39, 0.29) is 0 Å². The molecule has 2 aromatic rings. The highest BCUT2D eigenvalue weighted by Gasteiger charge is 2.00. The third kappa shape index (κ3) is 3.15. The number of nitrogens with one attached hydrogen (secondary N) is 1. The second-order valence-corrected chi connectivity index (χ2v) is 3.44. The van der Waals surface area contributed by atoms with Crippen LogP contribution in [-0.4, -0.2) is 33.5 Å². The molecule has 90 valence electrons. The maximum absolute atomic E-state index is 5.55. The van der Waals surface area contributed by atoms with Gasteiger partial charge < -0.3 is 15.8 Å². The first kappa shape index (κ1) is 11.3. The second kappa shape index (κ2) is 5.26. The Morgan fingerprint density at radius 1 is 1.47 bits per heavy atom. The molecule has 0 saturated heterocycles.